The van der Waals surface area contributed by atoms with Gasteiger partial charge in [0.05, 0.1) is 11.5 Å². The second kappa shape index (κ2) is 9.10. The molecule has 4 aliphatic carbocycles. The first-order valence-corrected chi connectivity index (χ1v) is 13.1. The van der Waals surface area contributed by atoms with Crippen LogP contribution in [0.2, 0.25) is 0 Å². The maximum Gasteiger partial charge on any atom is 0.303 e. The van der Waals surface area contributed by atoms with Crippen molar-refractivity contribution < 1.29 is 43.2 Å². The smallest absolute Gasteiger partial charge is 0.303 e. The molecular weight excluding hydrogens is 480 g/mol. The molecule has 9 heteroatoms. The van der Waals surface area contributed by atoms with Gasteiger partial charge in [0.2, 0.25) is 0 Å². The summed E-state index contributed by atoms with van der Waals surface area (Å²) in [6, 6.07) is 0. The highest BCUT2D eigenvalue weighted by atomic mass is 16.6. The molecule has 0 aromatic rings. The number of fused-ring (bicyclic) bond motifs is 3. The van der Waals surface area contributed by atoms with Crippen LogP contribution in [0.1, 0.15) is 74.1 Å². The Kier molecular flexibility index (Phi) is 6.79. The number of carbonyl (C=O) groups is 4. The van der Waals surface area contributed by atoms with Crippen LogP contribution in [-0.2, 0) is 38.1 Å². The van der Waals surface area contributed by atoms with Gasteiger partial charge in [-0.3, -0.25) is 19.2 Å². The molecule has 0 saturated heterocycles. The molecule has 0 amide bonds. The normalized spacial score (nSPS) is 43.6. The molecule has 10 atom stereocenters. The number of hydrogen-bond donors (Lipinski definition) is 1. The molecule has 0 radical (unpaired) electrons. The molecule has 4 saturated carbocycles. The predicted molar refractivity (Wildman–Crippen MR) is 131 cm³/mol. The summed E-state index contributed by atoms with van der Waals surface area (Å²) in [6.07, 6.45) is -1.97. The van der Waals surface area contributed by atoms with Crippen molar-refractivity contribution in [3.8, 4) is 0 Å². The van der Waals surface area contributed by atoms with Crippen LogP contribution in [0, 0.1) is 34.0 Å². The third-order valence-electron chi connectivity index (χ3n) is 9.97. The third-order valence-corrected chi connectivity index (χ3v) is 9.97. The van der Waals surface area contributed by atoms with Gasteiger partial charge in [0.15, 0.2) is 0 Å². The molecular formula is C28H40O9. The molecule has 4 fully saturated rings. The standard InChI is InChI=1S/C28H40O9/c1-13-18-9-19(33)24-27(8)20(26(6,7)21(34-14(2)29)11-22(27)35-15(3)30)10-23(36-16(4)31)28(24,12-18)25(13)37-17(5)32/h18-25,33H,1,9-12H2,2-8H3. The van der Waals surface area contributed by atoms with E-state index in [1.807, 2.05) is 20.8 Å². The summed E-state index contributed by atoms with van der Waals surface area (Å²) < 4.78 is 23.6. The monoisotopic (exact) mass is 520 g/mol. The minimum atomic E-state index is -0.940. The topological polar surface area (TPSA) is 125 Å². The summed E-state index contributed by atoms with van der Waals surface area (Å²) in [4.78, 5) is 49.1. The molecule has 1 spiro atoms. The Morgan fingerprint density at radius 2 is 1.30 bits per heavy atom. The Labute approximate surface area is 218 Å². The molecule has 4 aliphatic rings. The highest BCUT2D eigenvalue weighted by Crippen LogP contribution is 2.73. The molecule has 4 rings (SSSR count). The second-order valence-corrected chi connectivity index (χ2v) is 12.4. The summed E-state index contributed by atoms with van der Waals surface area (Å²) in [5, 5.41) is 11.8. The summed E-state index contributed by atoms with van der Waals surface area (Å²) >= 11 is 0. The summed E-state index contributed by atoms with van der Waals surface area (Å²) in [5.41, 5.74) is -1.64. The molecule has 10 unspecified atom stereocenters. The summed E-state index contributed by atoms with van der Waals surface area (Å²) in [6.45, 7) is 15.7. The van der Waals surface area contributed by atoms with E-state index in [1.54, 1.807) is 0 Å². The maximum absolute atomic E-state index is 12.4. The zero-order chi connectivity index (χ0) is 27.7. The average Bonchev–Trinajstić information content (AvgIpc) is 2.94. The molecule has 9 nitrogen and oxygen atoms in total. The molecule has 37 heavy (non-hydrogen) atoms. The van der Waals surface area contributed by atoms with Crippen molar-refractivity contribution in [1.29, 1.82) is 0 Å². The van der Waals surface area contributed by atoms with E-state index in [1.165, 1.54) is 27.7 Å². The van der Waals surface area contributed by atoms with Gasteiger partial charge in [-0.1, -0.05) is 27.4 Å². The number of ether oxygens (including phenoxy) is 4. The van der Waals surface area contributed by atoms with E-state index in [9.17, 15) is 24.3 Å². The van der Waals surface area contributed by atoms with E-state index in [4.69, 9.17) is 18.9 Å². The largest absolute Gasteiger partial charge is 0.462 e. The molecule has 0 aromatic heterocycles. The van der Waals surface area contributed by atoms with Gasteiger partial charge >= 0.3 is 23.9 Å². The van der Waals surface area contributed by atoms with Gasteiger partial charge in [-0.25, -0.2) is 0 Å². The quantitative estimate of drug-likeness (QED) is 0.338. The SMILES string of the molecule is C=C1C2CC(O)C3C4(C)C(OC(C)=O)CC(OC(C)=O)C(C)(C)C4CC(OC(C)=O)C3(C2)C1OC(C)=O. The van der Waals surface area contributed by atoms with Crippen molar-refractivity contribution in [2.45, 2.75) is 105 Å². The Hall–Kier alpha value is -2.42. The van der Waals surface area contributed by atoms with E-state index < -0.39 is 76.6 Å². The van der Waals surface area contributed by atoms with Crippen LogP contribution in [0.15, 0.2) is 12.2 Å². The maximum atomic E-state index is 12.4. The molecule has 1 N–H and O–H groups in total. The first-order chi connectivity index (χ1) is 17.1. The van der Waals surface area contributed by atoms with Crippen LogP contribution < -0.4 is 0 Å². The van der Waals surface area contributed by atoms with Crippen LogP contribution >= 0.6 is 0 Å². The van der Waals surface area contributed by atoms with Crippen molar-refractivity contribution in [2.24, 2.45) is 34.0 Å². The van der Waals surface area contributed by atoms with E-state index in [-0.39, 0.29) is 18.3 Å². The van der Waals surface area contributed by atoms with Crippen molar-refractivity contribution in [1.82, 2.24) is 0 Å². The van der Waals surface area contributed by atoms with E-state index >= 15 is 0 Å². The number of hydrogen-bond acceptors (Lipinski definition) is 9. The Morgan fingerprint density at radius 1 is 0.784 bits per heavy atom. The van der Waals surface area contributed by atoms with Gasteiger partial charge in [-0.2, -0.15) is 0 Å². The van der Waals surface area contributed by atoms with E-state index in [2.05, 4.69) is 6.58 Å². The number of rotatable bonds is 4. The van der Waals surface area contributed by atoms with Gasteiger partial charge in [-0.15, -0.1) is 0 Å². The number of esters is 4. The first-order valence-electron chi connectivity index (χ1n) is 13.1. The third kappa shape index (κ3) is 4.08. The van der Waals surface area contributed by atoms with Crippen LogP contribution in [0.25, 0.3) is 0 Å². The number of aliphatic hydroxyl groups is 1. The first kappa shape index (κ1) is 27.6. The molecule has 0 aromatic carbocycles. The fraction of sp³-hybridized carbons (Fsp3) is 0.786. The zero-order valence-corrected chi connectivity index (χ0v) is 22.9. The van der Waals surface area contributed by atoms with Crippen molar-refractivity contribution in [2.75, 3.05) is 0 Å². The van der Waals surface area contributed by atoms with Crippen molar-refractivity contribution in [3.63, 3.8) is 0 Å². The van der Waals surface area contributed by atoms with Gasteiger partial charge in [-0.05, 0) is 36.7 Å². The molecule has 0 aliphatic heterocycles. The minimum absolute atomic E-state index is 0.105. The van der Waals surface area contributed by atoms with Crippen molar-refractivity contribution in [3.05, 3.63) is 12.2 Å². The lowest BCUT2D eigenvalue weighted by Gasteiger charge is -2.68. The van der Waals surface area contributed by atoms with Gasteiger partial charge in [0.25, 0.3) is 0 Å². The Bertz CT molecular complexity index is 1020. The fourth-order valence-corrected chi connectivity index (χ4v) is 8.92. The lowest BCUT2D eigenvalue weighted by Crippen LogP contribution is -2.73. The summed E-state index contributed by atoms with van der Waals surface area (Å²) in [5.74, 6) is -2.80. The zero-order valence-electron chi connectivity index (χ0n) is 22.9. The van der Waals surface area contributed by atoms with Gasteiger partial charge in [0.1, 0.15) is 24.4 Å². The number of carbonyl (C=O) groups excluding carboxylic acids is 4. The summed E-state index contributed by atoms with van der Waals surface area (Å²) in [7, 11) is 0. The van der Waals surface area contributed by atoms with Crippen LogP contribution in [0.4, 0.5) is 0 Å². The van der Waals surface area contributed by atoms with E-state index in [0.29, 0.717) is 24.8 Å². The Balaban J connectivity index is 1.95. The van der Waals surface area contributed by atoms with Crippen LogP contribution in [-0.4, -0.2) is 59.5 Å². The lowest BCUT2D eigenvalue weighted by molar-refractivity contribution is -0.294. The second-order valence-electron chi connectivity index (χ2n) is 12.4. The fourth-order valence-electron chi connectivity index (χ4n) is 8.92. The Morgan fingerprint density at radius 3 is 1.84 bits per heavy atom. The lowest BCUT2D eigenvalue weighted by atomic mass is 9.38. The highest BCUT2D eigenvalue weighted by molar-refractivity contribution is 5.68. The minimum Gasteiger partial charge on any atom is -0.462 e. The highest BCUT2D eigenvalue weighted by Gasteiger charge is 2.77. The van der Waals surface area contributed by atoms with Gasteiger partial charge < -0.3 is 24.1 Å². The predicted octanol–water partition coefficient (Wildman–Crippen LogP) is 3.11. The average molecular weight is 521 g/mol. The van der Waals surface area contributed by atoms with Crippen LogP contribution in [0.5, 0.6) is 0 Å². The molecule has 2 bridgehead atoms. The molecule has 0 heterocycles. The number of aliphatic hydroxyl groups excluding tert-OH is 1. The van der Waals surface area contributed by atoms with E-state index in [0.717, 1.165) is 0 Å². The van der Waals surface area contributed by atoms with Crippen LogP contribution in [0.3, 0.4) is 0 Å². The van der Waals surface area contributed by atoms with Gasteiger partial charge in [0, 0.05) is 50.9 Å². The molecule has 206 valence electrons. The van der Waals surface area contributed by atoms with Crippen molar-refractivity contribution >= 4 is 23.9 Å².